The van der Waals surface area contributed by atoms with Gasteiger partial charge in [-0.05, 0) is 19.3 Å². The van der Waals surface area contributed by atoms with E-state index in [0.717, 1.165) is 19.3 Å². The highest BCUT2D eigenvalue weighted by molar-refractivity contribution is 7.32. The molecule has 0 aromatic rings. The third kappa shape index (κ3) is 4.09. The minimum atomic E-state index is -2.56. The molecular weight excluding hydrogens is 183 g/mol. The highest BCUT2D eigenvalue weighted by Gasteiger charge is 2.17. The van der Waals surface area contributed by atoms with Crippen LogP contribution < -0.4 is 0 Å². The first kappa shape index (κ1) is 10.0. The second-order valence-electron chi connectivity index (χ2n) is 2.45. The minimum Gasteiger partial charge on any atom is -0.353 e. The van der Waals surface area contributed by atoms with Crippen molar-refractivity contribution >= 4 is 8.25 Å². The molecule has 0 aliphatic carbocycles. The van der Waals surface area contributed by atoms with Gasteiger partial charge in [-0.1, -0.05) is 4.52 Å². The summed E-state index contributed by atoms with van der Waals surface area (Å²) in [6.45, 7) is 0.506. The lowest BCUT2D eigenvalue weighted by atomic mass is 10.2. The summed E-state index contributed by atoms with van der Waals surface area (Å²) in [6, 6.07) is 0. The van der Waals surface area contributed by atoms with Crippen LogP contribution in [0.2, 0.25) is 0 Å². The molecule has 0 saturated carbocycles. The Morgan fingerprint density at radius 2 is 2.42 bits per heavy atom. The van der Waals surface area contributed by atoms with E-state index in [4.69, 9.17) is 14.4 Å². The highest BCUT2D eigenvalue weighted by Crippen LogP contribution is 2.17. The van der Waals surface area contributed by atoms with Crippen molar-refractivity contribution in [1.29, 1.82) is 0 Å². The van der Waals surface area contributed by atoms with Crippen molar-refractivity contribution in [2.45, 2.75) is 25.6 Å². The van der Waals surface area contributed by atoms with Crippen LogP contribution in [0.4, 0.5) is 0 Å². The molecule has 5 nitrogen and oxygen atoms in total. The average Bonchev–Trinajstić information content (AvgIpc) is 2.05. The monoisotopic (exact) mass is 195 g/mol. The van der Waals surface area contributed by atoms with Crippen molar-refractivity contribution in [1.82, 2.24) is 0 Å². The van der Waals surface area contributed by atoms with Crippen LogP contribution in [0.1, 0.15) is 19.3 Å². The average molecular weight is 195 g/mol. The Balaban J connectivity index is 2.01. The fraction of sp³-hybridized carbons (Fsp3) is 1.00. The summed E-state index contributed by atoms with van der Waals surface area (Å²) in [6.07, 6.45) is 2.67. The zero-order valence-corrected chi connectivity index (χ0v) is 7.53. The molecule has 0 aromatic heterocycles. The van der Waals surface area contributed by atoms with Gasteiger partial charge in [0, 0.05) is 11.2 Å². The van der Waals surface area contributed by atoms with E-state index < -0.39 is 8.25 Å². The van der Waals surface area contributed by atoms with Gasteiger partial charge in [0.2, 0.25) is 6.79 Å². The molecule has 0 aromatic carbocycles. The normalized spacial score (nSPS) is 25.4. The molecule has 1 rings (SSSR count). The zero-order valence-electron chi connectivity index (χ0n) is 6.64. The van der Waals surface area contributed by atoms with Crippen LogP contribution in [-0.4, -0.2) is 24.6 Å². The summed E-state index contributed by atoms with van der Waals surface area (Å²) < 4.78 is 24.5. The van der Waals surface area contributed by atoms with E-state index in [1.54, 1.807) is 0 Å². The Morgan fingerprint density at radius 1 is 1.58 bits per heavy atom. The van der Waals surface area contributed by atoms with E-state index >= 15 is 0 Å². The SMILES string of the molecule is O=[P+](O)OCOC1CCCCO1. The van der Waals surface area contributed by atoms with E-state index in [1.165, 1.54) is 0 Å². The molecule has 1 aliphatic rings. The van der Waals surface area contributed by atoms with Gasteiger partial charge < -0.3 is 9.47 Å². The largest absolute Gasteiger partial charge is 0.697 e. The maximum Gasteiger partial charge on any atom is 0.697 e. The first-order valence-electron chi connectivity index (χ1n) is 3.81. The third-order valence-corrected chi connectivity index (χ3v) is 1.88. The topological polar surface area (TPSA) is 65.0 Å². The van der Waals surface area contributed by atoms with Crippen molar-refractivity contribution in [3.8, 4) is 0 Å². The van der Waals surface area contributed by atoms with E-state index in [1.807, 2.05) is 0 Å². The summed E-state index contributed by atoms with van der Waals surface area (Å²) in [4.78, 5) is 8.25. The van der Waals surface area contributed by atoms with Crippen LogP contribution in [0.3, 0.4) is 0 Å². The zero-order chi connectivity index (χ0) is 8.81. The molecule has 1 fully saturated rings. The van der Waals surface area contributed by atoms with E-state index in [-0.39, 0.29) is 13.1 Å². The summed E-state index contributed by atoms with van der Waals surface area (Å²) in [5.41, 5.74) is 0. The maximum absolute atomic E-state index is 10.0. The fourth-order valence-corrected chi connectivity index (χ4v) is 1.15. The molecule has 1 heterocycles. The van der Waals surface area contributed by atoms with Gasteiger partial charge >= 0.3 is 8.25 Å². The Labute approximate surface area is 71.6 Å². The molecule has 2 atom stereocenters. The Hall–Kier alpha value is -0.0600. The third-order valence-electron chi connectivity index (χ3n) is 1.55. The molecule has 0 radical (unpaired) electrons. The smallest absolute Gasteiger partial charge is 0.353 e. The van der Waals surface area contributed by atoms with Crippen molar-refractivity contribution in [3.05, 3.63) is 0 Å². The van der Waals surface area contributed by atoms with E-state index in [0.29, 0.717) is 6.61 Å². The van der Waals surface area contributed by atoms with Gasteiger partial charge in [-0.3, -0.25) is 0 Å². The predicted octanol–water partition coefficient (Wildman–Crippen LogP) is 1.15. The predicted molar refractivity (Wildman–Crippen MR) is 40.5 cm³/mol. The summed E-state index contributed by atoms with van der Waals surface area (Å²) >= 11 is 0. The first-order valence-corrected chi connectivity index (χ1v) is 4.94. The molecule has 1 aliphatic heterocycles. The lowest BCUT2D eigenvalue weighted by Crippen LogP contribution is -2.22. The van der Waals surface area contributed by atoms with Gasteiger partial charge in [-0.25, -0.2) is 0 Å². The Morgan fingerprint density at radius 3 is 3.00 bits per heavy atom. The maximum atomic E-state index is 10.0. The molecule has 70 valence electrons. The molecule has 2 unspecified atom stereocenters. The standard InChI is InChI=1S/C6H11O5P/c7-12(8)11-5-10-6-3-1-2-4-9-6/h6H,1-5H2/p+1. The van der Waals surface area contributed by atoms with Gasteiger partial charge in [0.05, 0.1) is 0 Å². The molecular formula is C6H12O5P+. The summed E-state index contributed by atoms with van der Waals surface area (Å²) in [5, 5.41) is 0. The van der Waals surface area contributed by atoms with Crippen molar-refractivity contribution in [2.24, 2.45) is 0 Å². The van der Waals surface area contributed by atoms with Crippen LogP contribution in [0.15, 0.2) is 0 Å². The Kier molecular flexibility index (Phi) is 4.65. The van der Waals surface area contributed by atoms with Crippen molar-refractivity contribution in [2.75, 3.05) is 13.4 Å². The molecule has 0 bridgehead atoms. The summed E-state index contributed by atoms with van der Waals surface area (Å²) in [7, 11) is -2.56. The second-order valence-corrected chi connectivity index (χ2v) is 3.18. The number of hydrogen-bond donors (Lipinski definition) is 1. The van der Waals surface area contributed by atoms with Gasteiger partial charge in [0.25, 0.3) is 0 Å². The van der Waals surface area contributed by atoms with Gasteiger partial charge in [0.15, 0.2) is 6.29 Å². The molecule has 1 saturated heterocycles. The lowest BCUT2D eigenvalue weighted by Gasteiger charge is -2.21. The van der Waals surface area contributed by atoms with E-state index in [2.05, 4.69) is 4.52 Å². The second kappa shape index (κ2) is 5.56. The quantitative estimate of drug-likeness (QED) is 0.538. The number of hydrogen-bond acceptors (Lipinski definition) is 4. The van der Waals surface area contributed by atoms with Crippen molar-refractivity contribution in [3.63, 3.8) is 0 Å². The summed E-state index contributed by atoms with van der Waals surface area (Å²) in [5.74, 6) is 0. The highest BCUT2D eigenvalue weighted by atomic mass is 31.1. The number of ether oxygens (including phenoxy) is 2. The van der Waals surface area contributed by atoms with Crippen LogP contribution >= 0.6 is 8.25 Å². The van der Waals surface area contributed by atoms with Crippen LogP contribution in [-0.2, 0) is 18.6 Å². The van der Waals surface area contributed by atoms with Crippen LogP contribution in [0.5, 0.6) is 0 Å². The molecule has 12 heavy (non-hydrogen) atoms. The van der Waals surface area contributed by atoms with Gasteiger partial charge in [0.1, 0.15) is 0 Å². The molecule has 6 heteroatoms. The molecule has 1 N–H and O–H groups in total. The fourth-order valence-electron chi connectivity index (χ4n) is 0.994. The first-order chi connectivity index (χ1) is 5.79. The van der Waals surface area contributed by atoms with Crippen LogP contribution in [0, 0.1) is 0 Å². The number of rotatable bonds is 4. The molecule has 0 spiro atoms. The van der Waals surface area contributed by atoms with E-state index in [9.17, 15) is 4.57 Å². The lowest BCUT2D eigenvalue weighted by molar-refractivity contribution is -0.190. The van der Waals surface area contributed by atoms with Crippen LogP contribution in [0.25, 0.3) is 0 Å². The van der Waals surface area contributed by atoms with Crippen molar-refractivity contribution < 1.29 is 23.5 Å². The van der Waals surface area contributed by atoms with Gasteiger partial charge in [-0.2, -0.15) is 0 Å². The Bertz CT molecular complexity index is 145. The van der Waals surface area contributed by atoms with Gasteiger partial charge in [-0.15, -0.1) is 4.89 Å². The minimum absolute atomic E-state index is 0.184. The molecule has 0 amide bonds.